The predicted molar refractivity (Wildman–Crippen MR) is 162 cm³/mol. The fraction of sp³-hybridized carbons (Fsp3) is 0.371. The first-order chi connectivity index (χ1) is 20.9. The first-order valence-corrected chi connectivity index (χ1v) is 15.6. The summed E-state index contributed by atoms with van der Waals surface area (Å²) in [6.45, 7) is 1.04. The Balaban J connectivity index is 0.956. The second-order valence-electron chi connectivity index (χ2n) is 13.7. The van der Waals surface area contributed by atoms with E-state index in [1.807, 2.05) is 42.5 Å². The molecular formula is C35H32F2N6. The zero-order valence-corrected chi connectivity index (χ0v) is 23.7. The second kappa shape index (κ2) is 8.39. The molecule has 6 nitrogen and oxygen atoms in total. The highest BCUT2D eigenvalue weighted by molar-refractivity contribution is 5.86. The number of hydrogen-bond donors (Lipinski definition) is 4. The van der Waals surface area contributed by atoms with Gasteiger partial charge in [-0.3, -0.25) is 0 Å². The number of aromatic amines is 2. The molecule has 4 fully saturated rings. The molecule has 1 unspecified atom stereocenters. The van der Waals surface area contributed by atoms with Crippen molar-refractivity contribution in [2.75, 3.05) is 6.54 Å². The van der Waals surface area contributed by atoms with Crippen molar-refractivity contribution < 1.29 is 8.78 Å². The third kappa shape index (κ3) is 3.63. The first kappa shape index (κ1) is 24.6. The Morgan fingerprint density at radius 3 is 2.33 bits per heavy atom. The van der Waals surface area contributed by atoms with Crippen LogP contribution in [0.1, 0.15) is 73.4 Å². The van der Waals surface area contributed by atoms with Gasteiger partial charge in [0.2, 0.25) is 0 Å². The highest BCUT2D eigenvalue weighted by Crippen LogP contribution is 2.55. The van der Waals surface area contributed by atoms with Gasteiger partial charge in [0.1, 0.15) is 11.6 Å². The zero-order valence-electron chi connectivity index (χ0n) is 23.7. The molecule has 10 rings (SSSR count). The molecule has 43 heavy (non-hydrogen) atoms. The fourth-order valence-corrected chi connectivity index (χ4v) is 8.42. The molecule has 4 heterocycles. The minimum Gasteiger partial charge on any atom is -0.341 e. The van der Waals surface area contributed by atoms with Gasteiger partial charge in [0, 0.05) is 29.3 Å². The number of hydrogen-bond acceptors (Lipinski definition) is 4. The third-order valence-corrected chi connectivity index (χ3v) is 11.0. The second-order valence-corrected chi connectivity index (χ2v) is 13.7. The normalized spacial score (nSPS) is 27.3. The number of nitrogens with zero attached hydrogens (tertiary/aromatic N) is 2. The fourth-order valence-electron chi connectivity index (χ4n) is 8.42. The lowest BCUT2D eigenvalue weighted by molar-refractivity contribution is 0.0481. The number of imidazole rings is 2. The molecule has 3 aromatic carbocycles. The van der Waals surface area contributed by atoms with Crippen LogP contribution in [0.15, 0.2) is 60.8 Å². The van der Waals surface area contributed by atoms with Crippen LogP contribution in [0.5, 0.6) is 0 Å². The van der Waals surface area contributed by atoms with Gasteiger partial charge in [-0.25, -0.2) is 9.97 Å². The monoisotopic (exact) mass is 574 g/mol. The van der Waals surface area contributed by atoms with E-state index in [0.717, 1.165) is 58.0 Å². The summed E-state index contributed by atoms with van der Waals surface area (Å²) >= 11 is 0. The van der Waals surface area contributed by atoms with Crippen molar-refractivity contribution in [1.29, 1.82) is 0 Å². The highest BCUT2D eigenvalue weighted by atomic mass is 19.3. The average molecular weight is 575 g/mol. The topological polar surface area (TPSA) is 81.4 Å². The molecule has 2 saturated heterocycles. The summed E-state index contributed by atoms with van der Waals surface area (Å²) < 4.78 is 32.2. The van der Waals surface area contributed by atoms with Gasteiger partial charge in [0.25, 0.3) is 5.92 Å². The molecule has 1 spiro atoms. The summed E-state index contributed by atoms with van der Waals surface area (Å²) in [5.41, 5.74) is 6.79. The van der Waals surface area contributed by atoms with Crippen LogP contribution in [0.3, 0.4) is 0 Å². The third-order valence-electron chi connectivity index (χ3n) is 11.0. The SMILES string of the molecule is FC1(F)c2cc(-c3ccc4nc(C5N[C@@H]6CC[C@H]5C6)[nH]c4c3)ccc2-c2ccc(-c3cnc([C@@H]4CC5(CC5)CN4)[nH]3)cc21. The van der Waals surface area contributed by atoms with Crippen LogP contribution in [0.4, 0.5) is 8.78 Å². The van der Waals surface area contributed by atoms with Crippen molar-refractivity contribution in [3.8, 4) is 33.5 Å². The quantitative estimate of drug-likeness (QED) is 0.181. The molecule has 5 aliphatic rings. The summed E-state index contributed by atoms with van der Waals surface area (Å²) in [5, 5.41) is 7.29. The number of H-pyrrole nitrogens is 2. The van der Waals surface area contributed by atoms with Crippen LogP contribution in [0, 0.1) is 11.3 Å². The summed E-state index contributed by atoms with van der Waals surface area (Å²) in [5.74, 6) is -0.571. The van der Waals surface area contributed by atoms with Gasteiger partial charge in [-0.2, -0.15) is 8.78 Å². The van der Waals surface area contributed by atoms with E-state index in [1.54, 1.807) is 18.3 Å². The molecular weight excluding hydrogens is 542 g/mol. The van der Waals surface area contributed by atoms with Crippen LogP contribution >= 0.6 is 0 Å². The van der Waals surface area contributed by atoms with E-state index < -0.39 is 5.92 Å². The van der Waals surface area contributed by atoms with Crippen LogP contribution in [0.25, 0.3) is 44.5 Å². The Hall–Kier alpha value is -3.88. The smallest absolute Gasteiger partial charge is 0.299 e. The Morgan fingerprint density at radius 1 is 0.814 bits per heavy atom. The Morgan fingerprint density at radius 2 is 1.58 bits per heavy atom. The number of nitrogens with one attached hydrogen (secondary N) is 4. The standard InChI is InChI=1S/C35H32F2N6/c36-35(37)25-12-18(19-4-8-27-28(14-19)42-33(41-27)31-21-1-5-22(11-21)40-31)2-6-23(25)24-7-3-20(13-26(24)35)30-16-38-32(43-30)29-15-34(9-10-34)17-39-29/h2-4,6-8,12-14,16,21-22,29,31,39-40H,1,5,9-11,15,17H2,(H,38,43)(H,41,42)/t21-,22+,29-,31?/m0/s1. The van der Waals surface area contributed by atoms with Gasteiger partial charge < -0.3 is 20.6 Å². The number of benzene rings is 3. The van der Waals surface area contributed by atoms with E-state index in [2.05, 4.69) is 25.6 Å². The molecule has 3 aliphatic carbocycles. The predicted octanol–water partition coefficient (Wildman–Crippen LogP) is 7.37. The van der Waals surface area contributed by atoms with E-state index in [0.29, 0.717) is 28.5 Å². The Labute approximate surface area is 247 Å². The summed E-state index contributed by atoms with van der Waals surface area (Å²) in [6.07, 6.45) is 9.16. The van der Waals surface area contributed by atoms with E-state index in [-0.39, 0.29) is 23.2 Å². The molecule has 2 bridgehead atoms. The van der Waals surface area contributed by atoms with E-state index in [4.69, 9.17) is 4.98 Å². The first-order valence-electron chi connectivity index (χ1n) is 15.6. The number of rotatable bonds is 4. The van der Waals surface area contributed by atoms with Crippen LogP contribution < -0.4 is 10.6 Å². The van der Waals surface area contributed by atoms with Gasteiger partial charge >= 0.3 is 0 Å². The maximum absolute atomic E-state index is 16.1. The number of halogens is 2. The molecule has 4 N–H and O–H groups in total. The minimum atomic E-state index is -3.09. The molecule has 0 radical (unpaired) electrons. The molecule has 2 aliphatic heterocycles. The number of alkyl halides is 2. The van der Waals surface area contributed by atoms with Gasteiger partial charge in [0.15, 0.2) is 0 Å². The van der Waals surface area contributed by atoms with Crippen LogP contribution in [-0.2, 0) is 5.92 Å². The summed E-state index contributed by atoms with van der Waals surface area (Å²) in [6, 6.07) is 18.0. The lowest BCUT2D eigenvalue weighted by Crippen LogP contribution is -2.29. The van der Waals surface area contributed by atoms with Gasteiger partial charge in [-0.05, 0) is 96.4 Å². The number of fused-ring (bicyclic) bond motifs is 6. The Kier molecular flexibility index (Phi) is 4.79. The van der Waals surface area contributed by atoms with Gasteiger partial charge in [-0.15, -0.1) is 0 Å². The largest absolute Gasteiger partial charge is 0.341 e. The molecule has 0 amide bonds. The van der Waals surface area contributed by atoms with Crippen molar-refractivity contribution in [3.63, 3.8) is 0 Å². The molecule has 216 valence electrons. The Bertz CT molecular complexity index is 1950. The van der Waals surface area contributed by atoms with Crippen molar-refractivity contribution in [3.05, 3.63) is 83.6 Å². The van der Waals surface area contributed by atoms with Crippen molar-refractivity contribution in [2.45, 2.75) is 62.6 Å². The minimum absolute atomic E-state index is 0.0521. The van der Waals surface area contributed by atoms with E-state index in [1.165, 1.54) is 32.1 Å². The summed E-state index contributed by atoms with van der Waals surface area (Å²) in [4.78, 5) is 16.4. The molecule has 2 saturated carbocycles. The van der Waals surface area contributed by atoms with Crippen molar-refractivity contribution in [2.24, 2.45) is 11.3 Å². The zero-order chi connectivity index (χ0) is 28.5. The van der Waals surface area contributed by atoms with Gasteiger partial charge in [-0.1, -0.05) is 30.3 Å². The molecule has 4 atom stereocenters. The maximum Gasteiger partial charge on any atom is 0.299 e. The average Bonchev–Trinajstić information content (AvgIpc) is 3.68. The number of aromatic nitrogens is 4. The van der Waals surface area contributed by atoms with Gasteiger partial charge in [0.05, 0.1) is 35.0 Å². The maximum atomic E-state index is 16.1. The van der Waals surface area contributed by atoms with E-state index in [9.17, 15) is 0 Å². The molecule has 5 aromatic rings. The van der Waals surface area contributed by atoms with Crippen molar-refractivity contribution in [1.82, 2.24) is 30.6 Å². The highest BCUT2D eigenvalue weighted by Gasteiger charge is 2.49. The van der Waals surface area contributed by atoms with E-state index >= 15 is 8.78 Å². The molecule has 8 heteroatoms. The van der Waals surface area contributed by atoms with Crippen LogP contribution in [0.2, 0.25) is 0 Å². The summed E-state index contributed by atoms with van der Waals surface area (Å²) in [7, 11) is 0. The lowest BCUT2D eigenvalue weighted by atomic mass is 9.98. The molecule has 2 aromatic heterocycles. The lowest BCUT2D eigenvalue weighted by Gasteiger charge is -2.20. The van der Waals surface area contributed by atoms with Crippen molar-refractivity contribution >= 4 is 11.0 Å². The van der Waals surface area contributed by atoms with Crippen LogP contribution in [-0.4, -0.2) is 32.5 Å². The number of piperidine rings is 1.